The van der Waals surface area contributed by atoms with E-state index in [1.807, 2.05) is 28.7 Å². The fraction of sp³-hybridized carbons (Fsp3) is 0. The molecule has 0 amide bonds. The van der Waals surface area contributed by atoms with Gasteiger partial charge < -0.3 is 0 Å². The van der Waals surface area contributed by atoms with E-state index in [2.05, 4.69) is 170 Å². The lowest BCUT2D eigenvalue weighted by Gasteiger charge is -2.12. The van der Waals surface area contributed by atoms with Crippen molar-refractivity contribution in [3.05, 3.63) is 176 Å². The van der Waals surface area contributed by atoms with E-state index in [4.69, 9.17) is 15.0 Å². The SMILES string of the molecule is c1ccc(-c2cc(-c3cccc(-c4cccc5c4sc4ccccc45)c3)nc(-c3ccc(-c4nc5ccccc5c5sc6ccccc6c45)cc3)n2)cc1. The zero-order valence-corrected chi connectivity index (χ0v) is 30.5. The highest BCUT2D eigenvalue weighted by atomic mass is 32.1. The zero-order valence-electron chi connectivity index (χ0n) is 28.9. The molecule has 0 atom stereocenters. The van der Waals surface area contributed by atoms with Gasteiger partial charge in [0.05, 0.1) is 22.6 Å². The molecular weight excluding hydrogens is 695 g/mol. The van der Waals surface area contributed by atoms with Gasteiger partial charge in [-0.15, -0.1) is 22.7 Å². The Kier molecular flexibility index (Phi) is 7.22. The third-order valence-corrected chi connectivity index (χ3v) is 12.7. The maximum absolute atomic E-state index is 5.25. The Morgan fingerprint density at radius 1 is 0.352 bits per heavy atom. The van der Waals surface area contributed by atoms with Gasteiger partial charge in [0, 0.05) is 68.0 Å². The molecule has 5 heteroatoms. The molecule has 0 aliphatic carbocycles. The lowest BCUT2D eigenvalue weighted by atomic mass is 9.99. The molecule has 11 aromatic rings. The van der Waals surface area contributed by atoms with Gasteiger partial charge in [-0.2, -0.15) is 0 Å². The second-order valence-corrected chi connectivity index (χ2v) is 15.7. The summed E-state index contributed by atoms with van der Waals surface area (Å²) in [5, 5.41) is 6.24. The Labute approximate surface area is 319 Å². The predicted molar refractivity (Wildman–Crippen MR) is 230 cm³/mol. The molecule has 0 aliphatic heterocycles. The van der Waals surface area contributed by atoms with Crippen molar-refractivity contribution in [1.82, 2.24) is 15.0 Å². The second kappa shape index (κ2) is 12.6. The summed E-state index contributed by atoms with van der Waals surface area (Å²) >= 11 is 3.70. The largest absolute Gasteiger partial charge is 0.247 e. The molecule has 0 saturated carbocycles. The Morgan fingerprint density at radius 2 is 0.944 bits per heavy atom. The minimum atomic E-state index is 0.688. The summed E-state index contributed by atoms with van der Waals surface area (Å²) in [5.41, 5.74) is 10.3. The van der Waals surface area contributed by atoms with E-state index in [9.17, 15) is 0 Å². The van der Waals surface area contributed by atoms with Gasteiger partial charge in [-0.1, -0.05) is 146 Å². The number of fused-ring (bicyclic) bond motifs is 8. The minimum Gasteiger partial charge on any atom is -0.247 e. The predicted octanol–water partition coefficient (Wildman–Crippen LogP) is 14.1. The van der Waals surface area contributed by atoms with Crippen molar-refractivity contribution in [3.63, 3.8) is 0 Å². The van der Waals surface area contributed by atoms with Gasteiger partial charge in [-0.05, 0) is 41.5 Å². The molecule has 54 heavy (non-hydrogen) atoms. The first-order chi connectivity index (χ1) is 26.7. The summed E-state index contributed by atoms with van der Waals surface area (Å²) in [6, 6.07) is 62.3. The molecule has 11 rings (SSSR count). The Morgan fingerprint density at radius 3 is 1.78 bits per heavy atom. The van der Waals surface area contributed by atoms with E-state index in [0.717, 1.165) is 44.9 Å². The average molecular weight is 724 g/mol. The Bertz CT molecular complexity index is 3210. The second-order valence-electron chi connectivity index (χ2n) is 13.5. The lowest BCUT2D eigenvalue weighted by molar-refractivity contribution is 1.18. The summed E-state index contributed by atoms with van der Waals surface area (Å²) in [6.07, 6.45) is 0. The van der Waals surface area contributed by atoms with E-state index in [-0.39, 0.29) is 0 Å². The molecule has 0 bridgehead atoms. The minimum absolute atomic E-state index is 0.688. The van der Waals surface area contributed by atoms with Crippen LogP contribution >= 0.6 is 22.7 Å². The first kappa shape index (κ1) is 31.0. The van der Waals surface area contributed by atoms with Crippen LogP contribution in [0.3, 0.4) is 0 Å². The van der Waals surface area contributed by atoms with Crippen LogP contribution in [0.5, 0.6) is 0 Å². The number of benzene rings is 7. The van der Waals surface area contributed by atoms with Crippen molar-refractivity contribution in [1.29, 1.82) is 0 Å². The van der Waals surface area contributed by atoms with Crippen molar-refractivity contribution < 1.29 is 0 Å². The van der Waals surface area contributed by atoms with Crippen molar-refractivity contribution in [2.24, 2.45) is 0 Å². The van der Waals surface area contributed by atoms with Crippen LogP contribution in [0, 0.1) is 0 Å². The van der Waals surface area contributed by atoms with E-state index < -0.39 is 0 Å². The molecular formula is C49H29N3S2. The number of para-hydroxylation sites is 1. The maximum Gasteiger partial charge on any atom is 0.160 e. The summed E-state index contributed by atoms with van der Waals surface area (Å²) in [6.45, 7) is 0. The van der Waals surface area contributed by atoms with Gasteiger partial charge >= 0.3 is 0 Å². The normalized spacial score (nSPS) is 11.7. The zero-order chi connectivity index (χ0) is 35.6. The van der Waals surface area contributed by atoms with Gasteiger partial charge in [0.25, 0.3) is 0 Å². The molecule has 0 radical (unpaired) electrons. The number of hydrogen-bond donors (Lipinski definition) is 0. The molecule has 252 valence electrons. The van der Waals surface area contributed by atoms with E-state index in [1.165, 1.54) is 56.9 Å². The first-order valence-electron chi connectivity index (χ1n) is 18.0. The van der Waals surface area contributed by atoms with Crippen LogP contribution in [0.15, 0.2) is 176 Å². The van der Waals surface area contributed by atoms with Crippen molar-refractivity contribution >= 4 is 73.9 Å². The van der Waals surface area contributed by atoms with Crippen LogP contribution < -0.4 is 0 Å². The molecule has 0 N–H and O–H groups in total. The van der Waals surface area contributed by atoms with E-state index >= 15 is 0 Å². The Hall–Kier alpha value is -6.53. The highest BCUT2D eigenvalue weighted by molar-refractivity contribution is 7.27. The number of pyridine rings is 1. The number of nitrogens with zero attached hydrogens (tertiary/aromatic N) is 3. The van der Waals surface area contributed by atoms with Crippen LogP contribution in [-0.4, -0.2) is 15.0 Å². The quantitative estimate of drug-likeness (QED) is 0.177. The van der Waals surface area contributed by atoms with Gasteiger partial charge in [0.15, 0.2) is 5.82 Å². The molecule has 3 nitrogen and oxygen atoms in total. The fourth-order valence-electron chi connectivity index (χ4n) is 7.70. The van der Waals surface area contributed by atoms with Gasteiger partial charge in [0.2, 0.25) is 0 Å². The summed E-state index contributed by atoms with van der Waals surface area (Å²) < 4.78 is 5.15. The number of thiophene rings is 2. The lowest BCUT2D eigenvalue weighted by Crippen LogP contribution is -1.96. The number of rotatable bonds is 5. The fourth-order valence-corrected chi connectivity index (χ4v) is 10.2. The van der Waals surface area contributed by atoms with E-state index in [0.29, 0.717) is 5.82 Å². The molecule has 0 unspecified atom stereocenters. The summed E-state index contributed by atoms with van der Waals surface area (Å²) in [4.78, 5) is 15.6. The van der Waals surface area contributed by atoms with Gasteiger partial charge in [-0.25, -0.2) is 15.0 Å². The van der Waals surface area contributed by atoms with Crippen LogP contribution in [0.2, 0.25) is 0 Å². The van der Waals surface area contributed by atoms with Crippen LogP contribution in [0.1, 0.15) is 0 Å². The molecule has 7 aromatic carbocycles. The topological polar surface area (TPSA) is 38.7 Å². The smallest absolute Gasteiger partial charge is 0.160 e. The van der Waals surface area contributed by atoms with Gasteiger partial charge in [-0.3, -0.25) is 0 Å². The third kappa shape index (κ3) is 5.12. The monoisotopic (exact) mass is 723 g/mol. The average Bonchev–Trinajstić information content (AvgIpc) is 3.83. The van der Waals surface area contributed by atoms with Gasteiger partial charge in [0.1, 0.15) is 0 Å². The van der Waals surface area contributed by atoms with Crippen molar-refractivity contribution in [3.8, 4) is 56.3 Å². The number of hydrogen-bond acceptors (Lipinski definition) is 5. The molecule has 0 aliphatic rings. The molecule has 4 aromatic heterocycles. The number of aromatic nitrogens is 3. The molecule has 4 heterocycles. The van der Waals surface area contributed by atoms with Crippen molar-refractivity contribution in [2.45, 2.75) is 0 Å². The third-order valence-electron chi connectivity index (χ3n) is 10.3. The van der Waals surface area contributed by atoms with Crippen LogP contribution in [0.25, 0.3) is 108 Å². The van der Waals surface area contributed by atoms with Crippen LogP contribution in [0.4, 0.5) is 0 Å². The van der Waals surface area contributed by atoms with Crippen molar-refractivity contribution in [2.75, 3.05) is 0 Å². The highest BCUT2D eigenvalue weighted by Gasteiger charge is 2.18. The highest BCUT2D eigenvalue weighted by Crippen LogP contribution is 2.44. The first-order valence-corrected chi connectivity index (χ1v) is 19.6. The maximum atomic E-state index is 5.25. The molecule has 0 fully saturated rings. The standard InChI is InChI=1S/C49H29N3S2/c1-2-12-30(13-3-1)41-29-42(34-15-10-14-33(28-34)35-19-11-20-37-36-16-5-8-22-43(36)53-47(35)37)52-49(51-41)32-26-24-31(25-27-32)46-45-39-18-6-9-23-44(39)54-48(45)38-17-4-7-21-40(38)50-46/h1-29H. The summed E-state index contributed by atoms with van der Waals surface area (Å²) in [5.74, 6) is 0.688. The van der Waals surface area contributed by atoms with E-state index in [1.54, 1.807) is 0 Å². The molecule has 0 spiro atoms. The summed E-state index contributed by atoms with van der Waals surface area (Å²) in [7, 11) is 0. The Balaban J connectivity index is 1.04. The van der Waals surface area contributed by atoms with Crippen LogP contribution in [-0.2, 0) is 0 Å². The molecule has 0 saturated heterocycles.